The number of esters is 1. The number of nitrogens with one attached hydrogen (secondary N) is 2. The lowest BCUT2D eigenvalue weighted by Crippen LogP contribution is -2.20. The topological polar surface area (TPSA) is 67.4 Å². The van der Waals surface area contributed by atoms with E-state index >= 15 is 0 Å². The fraction of sp³-hybridized carbons (Fsp3) is 0.300. The second-order valence-corrected chi connectivity index (χ2v) is 7.11. The van der Waals surface area contributed by atoms with Crippen LogP contribution in [0, 0.1) is 12.3 Å². The molecule has 5 nitrogen and oxygen atoms in total. The molecule has 1 fully saturated rings. The number of anilines is 2. The number of hydrogen-bond donors (Lipinski definition) is 2. The van der Waals surface area contributed by atoms with Gasteiger partial charge in [-0.05, 0) is 42.3 Å². The fourth-order valence-electron chi connectivity index (χ4n) is 3.11. The number of ether oxygens (including phenoxy) is 1. The number of amides is 2. The van der Waals surface area contributed by atoms with Crippen molar-refractivity contribution in [3.8, 4) is 0 Å². The van der Waals surface area contributed by atoms with Crippen LogP contribution in [0.4, 0.5) is 16.2 Å². The Kier molecular flexibility index (Phi) is 4.49. The van der Waals surface area contributed by atoms with Crippen molar-refractivity contribution < 1.29 is 14.3 Å². The van der Waals surface area contributed by atoms with Crippen molar-refractivity contribution in [1.82, 2.24) is 0 Å². The molecule has 130 valence electrons. The highest BCUT2D eigenvalue weighted by Gasteiger charge is 2.42. The zero-order valence-corrected chi connectivity index (χ0v) is 14.6. The molecule has 2 amide bonds. The molecule has 0 saturated carbocycles. The quantitative estimate of drug-likeness (QED) is 0.800. The van der Waals surface area contributed by atoms with Crippen LogP contribution in [0.25, 0.3) is 0 Å². The van der Waals surface area contributed by atoms with E-state index in [-0.39, 0.29) is 23.5 Å². The van der Waals surface area contributed by atoms with Gasteiger partial charge >= 0.3 is 12.0 Å². The molecule has 5 heteroatoms. The average Bonchev–Trinajstić information content (AvgIpc) is 2.80. The Morgan fingerprint density at radius 2 is 1.72 bits per heavy atom. The monoisotopic (exact) mass is 338 g/mol. The molecule has 2 N–H and O–H groups in total. The minimum absolute atomic E-state index is 0.189. The molecule has 1 atom stereocenters. The molecule has 0 spiro atoms. The highest BCUT2D eigenvalue weighted by atomic mass is 16.6. The summed E-state index contributed by atoms with van der Waals surface area (Å²) in [6.07, 6.45) is 0.0879. The number of cyclic esters (lactones) is 1. The van der Waals surface area contributed by atoms with E-state index in [4.69, 9.17) is 4.74 Å². The van der Waals surface area contributed by atoms with Crippen molar-refractivity contribution in [3.05, 3.63) is 59.7 Å². The third kappa shape index (κ3) is 3.99. The molecule has 1 saturated heterocycles. The molecule has 2 aromatic carbocycles. The van der Waals surface area contributed by atoms with Gasteiger partial charge in [0.05, 0.1) is 6.42 Å². The first kappa shape index (κ1) is 17.0. The summed E-state index contributed by atoms with van der Waals surface area (Å²) in [6.45, 7) is 5.98. The minimum Gasteiger partial charge on any atom is -0.457 e. The highest BCUT2D eigenvalue weighted by molar-refractivity contribution is 5.99. The van der Waals surface area contributed by atoms with Gasteiger partial charge in [-0.2, -0.15) is 0 Å². The van der Waals surface area contributed by atoms with E-state index in [1.165, 1.54) is 0 Å². The summed E-state index contributed by atoms with van der Waals surface area (Å²) in [4.78, 5) is 23.8. The van der Waals surface area contributed by atoms with Gasteiger partial charge in [-0.15, -0.1) is 0 Å². The second-order valence-electron chi connectivity index (χ2n) is 7.11. The fourth-order valence-corrected chi connectivity index (χ4v) is 3.11. The van der Waals surface area contributed by atoms with Crippen LogP contribution in [-0.2, 0) is 9.53 Å². The van der Waals surface area contributed by atoms with Crippen LogP contribution in [-0.4, -0.2) is 12.0 Å². The number of benzene rings is 2. The lowest BCUT2D eigenvalue weighted by atomic mass is 9.82. The maximum Gasteiger partial charge on any atom is 0.323 e. The van der Waals surface area contributed by atoms with Crippen LogP contribution in [0.2, 0.25) is 0 Å². The van der Waals surface area contributed by atoms with E-state index in [0.29, 0.717) is 12.1 Å². The molecule has 0 radical (unpaired) electrons. The van der Waals surface area contributed by atoms with Crippen LogP contribution in [0.1, 0.15) is 37.5 Å². The first-order valence-electron chi connectivity index (χ1n) is 8.28. The Hall–Kier alpha value is -2.82. The van der Waals surface area contributed by atoms with Gasteiger partial charge in [0.25, 0.3) is 0 Å². The molecular weight excluding hydrogens is 316 g/mol. The molecular formula is C20H22N2O3. The zero-order valence-electron chi connectivity index (χ0n) is 14.6. The number of carbonyl (C=O) groups excluding carboxylic acids is 2. The third-order valence-electron chi connectivity index (χ3n) is 4.28. The van der Waals surface area contributed by atoms with Crippen LogP contribution in [0.15, 0.2) is 48.5 Å². The van der Waals surface area contributed by atoms with Crippen molar-refractivity contribution in [2.24, 2.45) is 5.41 Å². The highest BCUT2D eigenvalue weighted by Crippen LogP contribution is 2.45. The van der Waals surface area contributed by atoms with Gasteiger partial charge in [-0.3, -0.25) is 4.79 Å². The Morgan fingerprint density at radius 3 is 2.32 bits per heavy atom. The molecule has 0 bridgehead atoms. The number of aryl methyl sites for hydroxylation is 1. The Labute approximate surface area is 147 Å². The summed E-state index contributed by atoms with van der Waals surface area (Å²) in [6, 6.07) is 14.7. The summed E-state index contributed by atoms with van der Waals surface area (Å²) >= 11 is 0. The van der Waals surface area contributed by atoms with Gasteiger partial charge in [0.1, 0.15) is 6.10 Å². The minimum atomic E-state index is -0.314. The lowest BCUT2D eigenvalue weighted by molar-refractivity contribution is -0.142. The maximum absolute atomic E-state index is 12.2. The maximum atomic E-state index is 12.2. The second kappa shape index (κ2) is 6.59. The predicted molar refractivity (Wildman–Crippen MR) is 97.5 cm³/mol. The van der Waals surface area contributed by atoms with E-state index in [1.807, 2.05) is 69.3 Å². The zero-order chi connectivity index (χ0) is 18.0. The van der Waals surface area contributed by atoms with E-state index < -0.39 is 0 Å². The Bertz CT molecular complexity index is 814. The summed E-state index contributed by atoms with van der Waals surface area (Å²) < 4.78 is 5.46. The van der Waals surface area contributed by atoms with Crippen LogP contribution in [0.5, 0.6) is 0 Å². The molecule has 1 unspecified atom stereocenters. The van der Waals surface area contributed by atoms with Crippen LogP contribution >= 0.6 is 0 Å². The molecule has 0 aromatic heterocycles. The van der Waals surface area contributed by atoms with Crippen LogP contribution in [0.3, 0.4) is 0 Å². The lowest BCUT2D eigenvalue weighted by Gasteiger charge is -2.24. The summed E-state index contributed by atoms with van der Waals surface area (Å²) in [5.74, 6) is -0.189. The predicted octanol–water partition coefficient (Wildman–Crippen LogP) is 4.65. The smallest absolute Gasteiger partial charge is 0.323 e. The SMILES string of the molecule is Cc1cccc(NC(=O)Nc2cccc(C3OC(=O)CC3(C)C)c2)c1. The van der Waals surface area contributed by atoms with Gasteiger partial charge < -0.3 is 15.4 Å². The molecule has 2 aromatic rings. The summed E-state index contributed by atoms with van der Waals surface area (Å²) in [5, 5.41) is 5.63. The Morgan fingerprint density at radius 1 is 1.08 bits per heavy atom. The normalized spacial score (nSPS) is 18.5. The van der Waals surface area contributed by atoms with Gasteiger partial charge in [0.15, 0.2) is 0 Å². The van der Waals surface area contributed by atoms with E-state index in [0.717, 1.165) is 16.8 Å². The number of urea groups is 1. The molecule has 0 aliphatic carbocycles. The van der Waals surface area contributed by atoms with Crippen molar-refractivity contribution >= 4 is 23.4 Å². The molecule has 1 heterocycles. The summed E-state index contributed by atoms with van der Waals surface area (Å²) in [7, 11) is 0. The number of hydrogen-bond acceptors (Lipinski definition) is 3. The van der Waals surface area contributed by atoms with Crippen LogP contribution < -0.4 is 10.6 Å². The standard InChI is InChI=1S/C20H22N2O3/c1-13-6-4-8-15(10-13)21-19(24)22-16-9-5-7-14(11-16)18-20(2,3)12-17(23)25-18/h4-11,18H,12H2,1-3H3,(H2,21,22,24). The van der Waals surface area contributed by atoms with Gasteiger partial charge in [0, 0.05) is 16.8 Å². The third-order valence-corrected chi connectivity index (χ3v) is 4.28. The largest absolute Gasteiger partial charge is 0.457 e. The summed E-state index contributed by atoms with van der Waals surface area (Å²) in [5.41, 5.74) is 3.08. The number of carbonyl (C=O) groups is 2. The molecule has 1 aliphatic heterocycles. The van der Waals surface area contributed by atoms with E-state index in [9.17, 15) is 9.59 Å². The van der Waals surface area contributed by atoms with E-state index in [2.05, 4.69) is 10.6 Å². The van der Waals surface area contributed by atoms with Crippen molar-refractivity contribution in [2.75, 3.05) is 10.6 Å². The van der Waals surface area contributed by atoms with Gasteiger partial charge in [-0.1, -0.05) is 38.1 Å². The molecule has 25 heavy (non-hydrogen) atoms. The molecule has 3 rings (SSSR count). The number of rotatable bonds is 3. The first-order valence-corrected chi connectivity index (χ1v) is 8.28. The average molecular weight is 338 g/mol. The molecule has 1 aliphatic rings. The Balaban J connectivity index is 1.71. The first-order chi connectivity index (χ1) is 11.8. The van der Waals surface area contributed by atoms with E-state index in [1.54, 1.807) is 0 Å². The van der Waals surface area contributed by atoms with Crippen molar-refractivity contribution in [3.63, 3.8) is 0 Å². The van der Waals surface area contributed by atoms with Crippen molar-refractivity contribution in [1.29, 1.82) is 0 Å². The van der Waals surface area contributed by atoms with Gasteiger partial charge in [-0.25, -0.2) is 4.79 Å². The van der Waals surface area contributed by atoms with Gasteiger partial charge in [0.2, 0.25) is 0 Å². The van der Waals surface area contributed by atoms with Crippen molar-refractivity contribution in [2.45, 2.75) is 33.3 Å².